The highest BCUT2D eigenvalue weighted by Crippen LogP contribution is 1.66. The van der Waals surface area contributed by atoms with E-state index in [0.29, 0.717) is 0 Å². The predicted molar refractivity (Wildman–Crippen MR) is 31.6 cm³/mol. The molecule has 0 amide bonds. The molecule has 1 nitrogen and oxygen atoms in total. The van der Waals surface area contributed by atoms with Crippen molar-refractivity contribution >= 4 is 7.28 Å². The van der Waals surface area contributed by atoms with Crippen LogP contribution in [0.25, 0.3) is 0 Å². The zero-order chi connectivity index (χ0) is 4.99. The fourth-order valence-electron chi connectivity index (χ4n) is 0.447. The third-order valence-electron chi connectivity index (χ3n) is 0.671. The summed E-state index contributed by atoms with van der Waals surface area (Å²) in [6, 6.07) is 0. The van der Waals surface area contributed by atoms with Crippen LogP contribution in [0.5, 0.6) is 0 Å². The highest BCUT2D eigenvalue weighted by atomic mass is 15.0. The lowest BCUT2D eigenvalue weighted by atomic mass is 9.82. The maximum atomic E-state index is 2.18. The van der Waals surface area contributed by atoms with Gasteiger partial charge in [0.1, 0.15) is 7.28 Å². The van der Waals surface area contributed by atoms with Crippen molar-refractivity contribution in [1.82, 2.24) is 4.90 Å². The second-order valence-corrected chi connectivity index (χ2v) is 1.80. The Balaban J connectivity index is 2.63. The summed E-state index contributed by atoms with van der Waals surface area (Å²) < 4.78 is 0. The summed E-state index contributed by atoms with van der Waals surface area (Å²) in [7, 11) is 5.43. The van der Waals surface area contributed by atoms with E-state index in [1.54, 1.807) is 0 Å². The molecule has 0 aliphatic heterocycles. The molecule has 0 heterocycles. The quantitative estimate of drug-likeness (QED) is 0.426. The van der Waals surface area contributed by atoms with Crippen molar-refractivity contribution < 1.29 is 0 Å². The van der Waals surface area contributed by atoms with Crippen molar-refractivity contribution in [2.24, 2.45) is 0 Å². The zero-order valence-corrected chi connectivity index (χ0v) is 4.86. The van der Waals surface area contributed by atoms with Crippen LogP contribution in [0.3, 0.4) is 0 Å². The van der Waals surface area contributed by atoms with Gasteiger partial charge < -0.3 is 4.90 Å². The van der Waals surface area contributed by atoms with Crippen LogP contribution >= 0.6 is 0 Å². The van der Waals surface area contributed by atoms with Gasteiger partial charge in [0.2, 0.25) is 0 Å². The molecule has 36 valence electrons. The van der Waals surface area contributed by atoms with Gasteiger partial charge in [-0.25, -0.2) is 0 Å². The van der Waals surface area contributed by atoms with E-state index < -0.39 is 0 Å². The van der Waals surface area contributed by atoms with E-state index in [4.69, 9.17) is 0 Å². The third kappa shape index (κ3) is 4.02. The third-order valence-corrected chi connectivity index (χ3v) is 0.671. The predicted octanol–water partition coefficient (Wildman–Crippen LogP) is -0.00990. The van der Waals surface area contributed by atoms with Crippen molar-refractivity contribution in [2.45, 2.75) is 6.82 Å². The average Bonchev–Trinajstić information content (AvgIpc) is 1.35. The fourth-order valence-corrected chi connectivity index (χ4v) is 0.447. The monoisotopic (exact) mass is 85.1 g/mol. The molecule has 0 atom stereocenters. The molecule has 0 aromatic rings. The smallest absolute Gasteiger partial charge is 0.135 e. The Morgan fingerprint density at radius 1 is 1.50 bits per heavy atom. The Hall–Kier alpha value is 0.0249. The first-order valence-electron chi connectivity index (χ1n) is 2.42. The first kappa shape index (κ1) is 6.02. The molecule has 0 spiro atoms. The molecular weight excluding hydrogens is 72.9 g/mol. The number of rotatable bonds is 2. The molecule has 2 heteroatoms. The normalized spacial score (nSPS) is 9.33. The molecule has 0 aliphatic carbocycles. The second-order valence-electron chi connectivity index (χ2n) is 1.80. The first-order chi connectivity index (χ1) is 2.77. The van der Waals surface area contributed by atoms with E-state index in [-0.39, 0.29) is 0 Å². The number of hydrogen-bond donors (Lipinski definition) is 0. The molecule has 0 fully saturated rings. The van der Waals surface area contributed by atoms with Crippen molar-refractivity contribution in [1.29, 1.82) is 0 Å². The molecule has 0 bridgehead atoms. The Morgan fingerprint density at radius 3 is 2.00 bits per heavy atom. The molecule has 0 unspecified atom stereocenters. The SMILES string of the molecule is CBCN(C)C. The fraction of sp³-hybridized carbons (Fsp3) is 1.00. The molecule has 6 heavy (non-hydrogen) atoms. The van der Waals surface area contributed by atoms with Crippen LogP contribution in [-0.2, 0) is 0 Å². The van der Waals surface area contributed by atoms with Crippen LogP contribution < -0.4 is 0 Å². The molecule has 0 saturated carbocycles. The van der Waals surface area contributed by atoms with Crippen molar-refractivity contribution in [3.8, 4) is 0 Å². The minimum absolute atomic E-state index is 1.21. The minimum atomic E-state index is 1.21. The van der Waals surface area contributed by atoms with Crippen molar-refractivity contribution in [2.75, 3.05) is 20.5 Å². The maximum Gasteiger partial charge on any atom is 0.135 e. The van der Waals surface area contributed by atoms with Gasteiger partial charge in [0.05, 0.1) is 0 Å². The summed E-state index contributed by atoms with van der Waals surface area (Å²) >= 11 is 0. The summed E-state index contributed by atoms with van der Waals surface area (Å²) in [4.78, 5) is 2.18. The lowest BCUT2D eigenvalue weighted by Gasteiger charge is -2.03. The lowest BCUT2D eigenvalue weighted by Crippen LogP contribution is -2.16. The van der Waals surface area contributed by atoms with Crippen LogP contribution in [0.1, 0.15) is 0 Å². The highest BCUT2D eigenvalue weighted by molar-refractivity contribution is 6.33. The van der Waals surface area contributed by atoms with E-state index in [1.807, 2.05) is 0 Å². The van der Waals surface area contributed by atoms with Gasteiger partial charge in [-0.2, -0.15) is 0 Å². The van der Waals surface area contributed by atoms with Gasteiger partial charge in [0.15, 0.2) is 0 Å². The van der Waals surface area contributed by atoms with E-state index in [2.05, 4.69) is 25.8 Å². The van der Waals surface area contributed by atoms with Crippen LogP contribution in [0, 0.1) is 0 Å². The zero-order valence-electron chi connectivity index (χ0n) is 4.86. The Morgan fingerprint density at radius 2 is 2.00 bits per heavy atom. The maximum absolute atomic E-state index is 2.18. The first-order valence-corrected chi connectivity index (χ1v) is 2.42. The van der Waals surface area contributed by atoms with Crippen molar-refractivity contribution in [3.63, 3.8) is 0 Å². The summed E-state index contributed by atoms with van der Waals surface area (Å²) in [6.07, 6.45) is 1.21. The Bertz CT molecular complexity index is 28.7. The molecule has 0 N–H and O–H groups in total. The molecule has 0 saturated heterocycles. The van der Waals surface area contributed by atoms with E-state index in [1.165, 1.54) is 13.7 Å². The standard InChI is InChI=1S/C4H12BN/c1-5-4-6(2)3/h5H,4H2,1-3H3. The summed E-state index contributed by atoms with van der Waals surface area (Å²) in [6.45, 7) is 2.18. The van der Waals surface area contributed by atoms with E-state index in [0.717, 1.165) is 0 Å². The van der Waals surface area contributed by atoms with Gasteiger partial charge in [0, 0.05) is 0 Å². The van der Waals surface area contributed by atoms with Crippen LogP contribution in [0.2, 0.25) is 6.82 Å². The molecule has 0 aromatic heterocycles. The van der Waals surface area contributed by atoms with E-state index >= 15 is 0 Å². The average molecular weight is 85.0 g/mol. The van der Waals surface area contributed by atoms with Crippen LogP contribution in [0.4, 0.5) is 0 Å². The summed E-state index contributed by atoms with van der Waals surface area (Å²) in [5.41, 5.74) is 0. The molecule has 0 rings (SSSR count). The largest absolute Gasteiger partial charge is 0.317 e. The lowest BCUT2D eigenvalue weighted by molar-refractivity contribution is 0.478. The van der Waals surface area contributed by atoms with Gasteiger partial charge in [-0.3, -0.25) is 0 Å². The molecule has 0 aromatic carbocycles. The van der Waals surface area contributed by atoms with Gasteiger partial charge in [-0.1, -0.05) is 6.82 Å². The van der Waals surface area contributed by atoms with Gasteiger partial charge in [0.25, 0.3) is 0 Å². The topological polar surface area (TPSA) is 3.24 Å². The van der Waals surface area contributed by atoms with Crippen LogP contribution in [0.15, 0.2) is 0 Å². The molecule has 0 aliphatic rings. The Kier molecular flexibility index (Phi) is 3.24. The van der Waals surface area contributed by atoms with E-state index in [9.17, 15) is 0 Å². The second kappa shape index (κ2) is 3.22. The Labute approximate surface area is 40.6 Å². The minimum Gasteiger partial charge on any atom is -0.317 e. The molecular formula is C4H12BN. The summed E-state index contributed by atoms with van der Waals surface area (Å²) in [5, 5.41) is 0. The van der Waals surface area contributed by atoms with Gasteiger partial charge >= 0.3 is 0 Å². The number of nitrogens with zero attached hydrogens (tertiary/aromatic N) is 1. The highest BCUT2D eigenvalue weighted by Gasteiger charge is 1.81. The number of hydrogen-bond acceptors (Lipinski definition) is 1. The van der Waals surface area contributed by atoms with Gasteiger partial charge in [-0.05, 0) is 20.5 Å². The van der Waals surface area contributed by atoms with Gasteiger partial charge in [-0.15, -0.1) is 0 Å². The van der Waals surface area contributed by atoms with Crippen LogP contribution in [-0.4, -0.2) is 32.7 Å². The molecule has 0 radical (unpaired) electrons. The summed E-state index contributed by atoms with van der Waals surface area (Å²) in [5.74, 6) is 0. The van der Waals surface area contributed by atoms with Crippen molar-refractivity contribution in [3.05, 3.63) is 0 Å².